The van der Waals surface area contributed by atoms with Crippen molar-refractivity contribution in [1.29, 1.82) is 0 Å². The van der Waals surface area contributed by atoms with Crippen LogP contribution in [0.25, 0.3) is 11.0 Å². The molecule has 5 nitrogen and oxygen atoms in total. The van der Waals surface area contributed by atoms with Gasteiger partial charge in [-0.1, -0.05) is 11.6 Å². The molecule has 6 heteroatoms. The van der Waals surface area contributed by atoms with Gasteiger partial charge in [-0.2, -0.15) is 0 Å². The normalized spacial score (nSPS) is 16.9. The van der Waals surface area contributed by atoms with Crippen molar-refractivity contribution in [1.82, 2.24) is 15.3 Å². The molecule has 1 fully saturated rings. The van der Waals surface area contributed by atoms with Crippen LogP contribution in [0.1, 0.15) is 16.7 Å². The van der Waals surface area contributed by atoms with Gasteiger partial charge in [-0.05, 0) is 38.1 Å². The number of hydrogen-bond acceptors (Lipinski definition) is 4. The lowest BCUT2D eigenvalue weighted by atomic mass is 10.0. The number of carbonyl (C=O) groups is 1. The summed E-state index contributed by atoms with van der Waals surface area (Å²) in [5, 5.41) is 3.67. The molecule has 1 saturated heterocycles. The number of nitrogens with zero attached hydrogens (tertiary/aromatic N) is 2. The van der Waals surface area contributed by atoms with Gasteiger partial charge in [-0.3, -0.25) is 10.2 Å². The molecule has 124 valence electrons. The second kappa shape index (κ2) is 6.51. The summed E-state index contributed by atoms with van der Waals surface area (Å²) in [6.45, 7) is 7.54. The summed E-state index contributed by atoms with van der Waals surface area (Å²) >= 11 is 6.34. The van der Waals surface area contributed by atoms with Gasteiger partial charge < -0.3 is 9.32 Å². The van der Waals surface area contributed by atoms with Crippen LogP contribution in [0.15, 0.2) is 16.7 Å². The zero-order valence-electron chi connectivity index (χ0n) is 13.8. The Kier molecular flexibility index (Phi) is 4.62. The quantitative estimate of drug-likeness (QED) is 0.936. The lowest BCUT2D eigenvalue weighted by Gasteiger charge is -2.32. The van der Waals surface area contributed by atoms with E-state index in [1.807, 2.05) is 24.9 Å². The van der Waals surface area contributed by atoms with E-state index in [9.17, 15) is 4.79 Å². The van der Waals surface area contributed by atoms with Gasteiger partial charge in [-0.15, -0.1) is 0 Å². The molecule has 2 aromatic rings. The third kappa shape index (κ3) is 3.37. The van der Waals surface area contributed by atoms with Crippen LogP contribution in [-0.2, 0) is 11.2 Å². The monoisotopic (exact) mass is 335 g/mol. The Morgan fingerprint density at radius 3 is 2.70 bits per heavy atom. The summed E-state index contributed by atoms with van der Waals surface area (Å²) < 4.78 is 5.61. The maximum atomic E-state index is 12.3. The van der Waals surface area contributed by atoms with E-state index in [0.29, 0.717) is 6.42 Å². The minimum Gasteiger partial charge on any atom is -0.464 e. The second-order valence-corrected chi connectivity index (χ2v) is 6.65. The SMILES string of the molecule is Cc1cc2occ(CC(=O)NN3CCN(C)CC3)c2c(C)c1Cl. The molecular formula is C17H22ClN3O2. The van der Waals surface area contributed by atoms with E-state index < -0.39 is 0 Å². The highest BCUT2D eigenvalue weighted by Crippen LogP contribution is 2.32. The van der Waals surface area contributed by atoms with Crippen molar-refractivity contribution in [3.8, 4) is 0 Å². The number of hydrazine groups is 1. The van der Waals surface area contributed by atoms with Crippen LogP contribution in [0, 0.1) is 13.8 Å². The van der Waals surface area contributed by atoms with Gasteiger partial charge in [0.1, 0.15) is 5.58 Å². The minimum absolute atomic E-state index is 0.0200. The third-order valence-corrected chi connectivity index (χ3v) is 5.01. The molecule has 1 aromatic heterocycles. The Hall–Kier alpha value is -1.56. The Balaban J connectivity index is 1.74. The van der Waals surface area contributed by atoms with Gasteiger partial charge in [0.05, 0.1) is 12.7 Å². The van der Waals surface area contributed by atoms with Gasteiger partial charge in [0, 0.05) is 42.2 Å². The Morgan fingerprint density at radius 2 is 2.00 bits per heavy atom. The van der Waals surface area contributed by atoms with Crippen LogP contribution in [0.3, 0.4) is 0 Å². The molecule has 0 aliphatic carbocycles. The lowest BCUT2D eigenvalue weighted by Crippen LogP contribution is -2.52. The molecule has 1 aromatic carbocycles. The van der Waals surface area contributed by atoms with Crippen LogP contribution in [0.2, 0.25) is 5.02 Å². The fourth-order valence-corrected chi connectivity index (χ4v) is 3.19. The number of benzene rings is 1. The van der Waals surface area contributed by atoms with Crippen molar-refractivity contribution in [3.63, 3.8) is 0 Å². The standard InChI is InChI=1S/C17H22ClN3O2/c1-11-8-14-16(12(2)17(11)18)13(10-23-14)9-15(22)19-21-6-4-20(3)5-7-21/h8,10H,4-7,9H2,1-3H3,(H,19,22). The number of amides is 1. The zero-order chi connectivity index (χ0) is 16.6. The first-order valence-electron chi connectivity index (χ1n) is 7.84. The van der Waals surface area contributed by atoms with Crippen molar-refractivity contribution in [2.75, 3.05) is 33.2 Å². The van der Waals surface area contributed by atoms with Crippen molar-refractivity contribution >= 4 is 28.5 Å². The van der Waals surface area contributed by atoms with Crippen LogP contribution in [0.5, 0.6) is 0 Å². The molecule has 0 spiro atoms. The van der Waals surface area contributed by atoms with E-state index in [0.717, 1.165) is 58.9 Å². The van der Waals surface area contributed by atoms with E-state index in [-0.39, 0.29) is 5.91 Å². The van der Waals surface area contributed by atoms with Crippen molar-refractivity contribution in [3.05, 3.63) is 34.0 Å². The minimum atomic E-state index is -0.0200. The average Bonchev–Trinajstić information content (AvgIpc) is 2.90. The summed E-state index contributed by atoms with van der Waals surface area (Å²) in [7, 11) is 2.09. The van der Waals surface area contributed by atoms with Crippen LogP contribution in [0.4, 0.5) is 0 Å². The van der Waals surface area contributed by atoms with Gasteiger partial charge in [0.2, 0.25) is 5.91 Å². The smallest absolute Gasteiger partial charge is 0.238 e. The predicted molar refractivity (Wildman–Crippen MR) is 91.6 cm³/mol. The van der Waals surface area contributed by atoms with Gasteiger partial charge in [-0.25, -0.2) is 5.01 Å². The second-order valence-electron chi connectivity index (χ2n) is 6.27. The van der Waals surface area contributed by atoms with E-state index in [4.69, 9.17) is 16.0 Å². The van der Waals surface area contributed by atoms with E-state index in [1.54, 1.807) is 6.26 Å². The molecule has 1 aliphatic heterocycles. The largest absolute Gasteiger partial charge is 0.464 e. The number of hydrogen-bond donors (Lipinski definition) is 1. The highest BCUT2D eigenvalue weighted by Gasteiger charge is 2.19. The third-order valence-electron chi connectivity index (χ3n) is 4.43. The Morgan fingerprint density at radius 1 is 1.30 bits per heavy atom. The van der Waals surface area contributed by atoms with Gasteiger partial charge >= 0.3 is 0 Å². The van der Waals surface area contributed by atoms with E-state index in [1.165, 1.54) is 0 Å². The number of rotatable bonds is 3. The molecule has 1 N–H and O–H groups in total. The molecule has 2 heterocycles. The number of fused-ring (bicyclic) bond motifs is 1. The molecule has 23 heavy (non-hydrogen) atoms. The number of furan rings is 1. The van der Waals surface area contributed by atoms with E-state index in [2.05, 4.69) is 17.4 Å². The van der Waals surface area contributed by atoms with Crippen molar-refractivity contribution in [2.45, 2.75) is 20.3 Å². The predicted octanol–water partition coefficient (Wildman–Crippen LogP) is 2.52. The molecule has 1 aliphatic rings. The molecule has 0 saturated carbocycles. The maximum absolute atomic E-state index is 12.3. The van der Waals surface area contributed by atoms with Gasteiger partial charge in [0.15, 0.2) is 0 Å². The maximum Gasteiger partial charge on any atom is 0.238 e. The lowest BCUT2D eigenvalue weighted by molar-refractivity contribution is -0.126. The fourth-order valence-electron chi connectivity index (χ4n) is 3.05. The fraction of sp³-hybridized carbons (Fsp3) is 0.471. The van der Waals surface area contributed by atoms with Gasteiger partial charge in [0.25, 0.3) is 0 Å². The van der Waals surface area contributed by atoms with Crippen molar-refractivity contribution in [2.24, 2.45) is 0 Å². The first-order valence-corrected chi connectivity index (χ1v) is 8.22. The molecule has 1 amide bonds. The Bertz CT molecular complexity index is 733. The molecule has 0 unspecified atom stereocenters. The van der Waals surface area contributed by atoms with Crippen molar-refractivity contribution < 1.29 is 9.21 Å². The number of halogens is 1. The summed E-state index contributed by atoms with van der Waals surface area (Å²) in [5.41, 5.74) is 6.60. The number of piperazine rings is 1. The topological polar surface area (TPSA) is 48.7 Å². The highest BCUT2D eigenvalue weighted by atomic mass is 35.5. The first-order chi connectivity index (χ1) is 11.0. The molecule has 0 radical (unpaired) electrons. The number of carbonyl (C=O) groups excluding carboxylic acids is 1. The molecule has 0 atom stereocenters. The zero-order valence-corrected chi connectivity index (χ0v) is 14.5. The Labute approximate surface area is 141 Å². The first kappa shape index (κ1) is 16.3. The van der Waals surface area contributed by atoms with E-state index >= 15 is 0 Å². The molecule has 0 bridgehead atoms. The average molecular weight is 336 g/mol. The van der Waals surface area contributed by atoms with Crippen LogP contribution >= 0.6 is 11.6 Å². The summed E-state index contributed by atoms with van der Waals surface area (Å²) in [6, 6.07) is 1.92. The number of likely N-dealkylation sites (N-methyl/N-ethyl adjacent to an activating group) is 1. The number of aryl methyl sites for hydroxylation is 2. The summed E-state index contributed by atoms with van der Waals surface area (Å²) in [6.07, 6.45) is 1.95. The molecule has 3 rings (SSSR count). The molecular weight excluding hydrogens is 314 g/mol. The highest BCUT2D eigenvalue weighted by molar-refractivity contribution is 6.33. The number of nitrogens with one attached hydrogen (secondary N) is 1. The summed E-state index contributed by atoms with van der Waals surface area (Å²) in [4.78, 5) is 14.6. The van der Waals surface area contributed by atoms with Crippen LogP contribution < -0.4 is 5.43 Å². The summed E-state index contributed by atoms with van der Waals surface area (Å²) in [5.74, 6) is -0.0200. The van der Waals surface area contributed by atoms with Crippen LogP contribution in [-0.4, -0.2) is 49.0 Å².